The molecule has 0 radical (unpaired) electrons. The maximum atomic E-state index is 5.35. The minimum Gasteiger partial charge on any atom is -0.382 e. The van der Waals surface area contributed by atoms with Crippen molar-refractivity contribution in [1.82, 2.24) is 10.2 Å². The van der Waals surface area contributed by atoms with Gasteiger partial charge in [0.1, 0.15) is 0 Å². The fraction of sp³-hybridized carbons (Fsp3) is 0.917. The Morgan fingerprint density at radius 3 is 2.81 bits per heavy atom. The van der Waals surface area contributed by atoms with Crippen LogP contribution in [-0.4, -0.2) is 42.9 Å². The summed E-state index contributed by atoms with van der Waals surface area (Å²) in [6, 6.07) is 0.576. The first kappa shape index (κ1) is 13.7. The lowest BCUT2D eigenvalue weighted by Crippen LogP contribution is -2.43. The molecule has 0 bridgehead atoms. The molecule has 1 N–H and O–H groups in total. The van der Waals surface area contributed by atoms with Crippen LogP contribution in [0.4, 0.5) is 0 Å². The van der Waals surface area contributed by atoms with E-state index in [4.69, 9.17) is 17.0 Å². The van der Waals surface area contributed by atoms with E-state index in [-0.39, 0.29) is 0 Å². The second-order valence-electron chi connectivity index (χ2n) is 4.47. The van der Waals surface area contributed by atoms with Crippen LogP contribution in [0.2, 0.25) is 0 Å². The number of hydrogen-bond donors (Lipinski definition) is 1. The molecule has 1 rings (SSSR count). The van der Waals surface area contributed by atoms with E-state index in [9.17, 15) is 0 Å². The largest absolute Gasteiger partial charge is 0.382 e. The van der Waals surface area contributed by atoms with Gasteiger partial charge in [0, 0.05) is 32.8 Å². The summed E-state index contributed by atoms with van der Waals surface area (Å²) >= 11 is 5.35. The Hall–Kier alpha value is -0.350. The van der Waals surface area contributed by atoms with Gasteiger partial charge in [-0.2, -0.15) is 0 Å². The quantitative estimate of drug-likeness (QED) is 0.547. The highest BCUT2D eigenvalue weighted by Gasteiger charge is 2.31. The average molecular weight is 244 g/mol. The summed E-state index contributed by atoms with van der Waals surface area (Å²) in [6.07, 6.45) is 3.73. The second kappa shape index (κ2) is 7.07. The smallest absolute Gasteiger partial charge is 0.168 e. The summed E-state index contributed by atoms with van der Waals surface area (Å²) in [4.78, 5) is 2.19. The van der Waals surface area contributed by atoms with E-state index in [1.54, 1.807) is 0 Å². The predicted molar refractivity (Wildman–Crippen MR) is 71.7 cm³/mol. The van der Waals surface area contributed by atoms with Gasteiger partial charge in [0.15, 0.2) is 5.11 Å². The summed E-state index contributed by atoms with van der Waals surface area (Å²) < 4.78 is 5.27. The molecule has 0 heterocycles. The minimum atomic E-state index is 0.576. The van der Waals surface area contributed by atoms with Crippen LogP contribution in [0.5, 0.6) is 0 Å². The number of rotatable bonds is 7. The molecule has 1 saturated carbocycles. The number of thiocarbonyl (C=S) groups is 1. The molecule has 0 saturated heterocycles. The summed E-state index contributed by atoms with van der Waals surface area (Å²) in [7, 11) is 2.08. The molecule has 0 aromatic carbocycles. The third-order valence-electron chi connectivity index (χ3n) is 3.18. The molecule has 0 spiro atoms. The molecule has 3 nitrogen and oxygen atoms in total. The van der Waals surface area contributed by atoms with Crippen molar-refractivity contribution in [2.45, 2.75) is 39.2 Å². The first-order valence-corrected chi connectivity index (χ1v) is 6.66. The molecular formula is C12H24N2OS. The summed E-state index contributed by atoms with van der Waals surface area (Å²) in [5, 5.41) is 4.15. The zero-order valence-electron chi connectivity index (χ0n) is 10.7. The van der Waals surface area contributed by atoms with Gasteiger partial charge >= 0.3 is 0 Å². The Balaban J connectivity index is 2.08. The van der Waals surface area contributed by atoms with Gasteiger partial charge in [0.2, 0.25) is 0 Å². The third kappa shape index (κ3) is 4.66. The van der Waals surface area contributed by atoms with E-state index in [0.717, 1.165) is 37.2 Å². The highest BCUT2D eigenvalue weighted by molar-refractivity contribution is 7.80. The predicted octanol–water partition coefficient (Wildman–Crippen LogP) is 2.02. The summed E-state index contributed by atoms with van der Waals surface area (Å²) in [5.74, 6) is 0.855. The van der Waals surface area contributed by atoms with Crippen molar-refractivity contribution in [3.8, 4) is 0 Å². The highest BCUT2D eigenvalue weighted by atomic mass is 32.1. The van der Waals surface area contributed by atoms with Gasteiger partial charge in [-0.25, -0.2) is 0 Å². The zero-order chi connectivity index (χ0) is 12.0. The first-order chi connectivity index (χ1) is 7.66. The number of nitrogens with one attached hydrogen (secondary N) is 1. The fourth-order valence-corrected chi connectivity index (χ4v) is 1.99. The third-order valence-corrected chi connectivity index (χ3v) is 3.61. The van der Waals surface area contributed by atoms with Gasteiger partial charge in [-0.05, 0) is 51.2 Å². The molecule has 1 fully saturated rings. The summed E-state index contributed by atoms with van der Waals surface area (Å²) in [5.41, 5.74) is 0. The Bertz CT molecular complexity index is 219. The van der Waals surface area contributed by atoms with Gasteiger partial charge in [0.25, 0.3) is 0 Å². The molecule has 0 aliphatic heterocycles. The lowest BCUT2D eigenvalue weighted by atomic mass is 10.2. The lowest BCUT2D eigenvalue weighted by molar-refractivity contribution is 0.145. The van der Waals surface area contributed by atoms with Gasteiger partial charge in [0.05, 0.1) is 0 Å². The minimum absolute atomic E-state index is 0.576. The van der Waals surface area contributed by atoms with Crippen molar-refractivity contribution in [1.29, 1.82) is 0 Å². The molecule has 94 valence electrons. The SMILES string of the molecule is CCOCCCNC(=S)N(C)C(C)C1CC1. The Morgan fingerprint density at radius 2 is 2.25 bits per heavy atom. The topological polar surface area (TPSA) is 24.5 Å². The van der Waals surface area contributed by atoms with E-state index in [2.05, 4.69) is 24.2 Å². The van der Waals surface area contributed by atoms with E-state index < -0.39 is 0 Å². The van der Waals surface area contributed by atoms with Crippen molar-refractivity contribution < 1.29 is 4.74 Å². The molecule has 0 aromatic rings. The van der Waals surface area contributed by atoms with Crippen molar-refractivity contribution in [3.05, 3.63) is 0 Å². The normalized spacial score (nSPS) is 16.9. The molecule has 0 aromatic heterocycles. The maximum Gasteiger partial charge on any atom is 0.168 e. The Labute approximate surface area is 105 Å². The van der Waals surface area contributed by atoms with E-state index in [0.29, 0.717) is 6.04 Å². The molecule has 1 unspecified atom stereocenters. The molecule has 0 amide bonds. The van der Waals surface area contributed by atoms with Crippen molar-refractivity contribution >= 4 is 17.3 Å². The van der Waals surface area contributed by atoms with Crippen LogP contribution in [0, 0.1) is 5.92 Å². The second-order valence-corrected chi connectivity index (χ2v) is 4.86. The molecule has 1 aliphatic carbocycles. The van der Waals surface area contributed by atoms with Crippen LogP contribution in [0.3, 0.4) is 0 Å². The number of nitrogens with zero attached hydrogens (tertiary/aromatic N) is 1. The molecule has 16 heavy (non-hydrogen) atoms. The highest BCUT2D eigenvalue weighted by Crippen LogP contribution is 2.34. The van der Waals surface area contributed by atoms with E-state index >= 15 is 0 Å². The molecule has 1 atom stereocenters. The van der Waals surface area contributed by atoms with Gasteiger partial charge < -0.3 is 15.0 Å². The number of hydrogen-bond acceptors (Lipinski definition) is 2. The Morgan fingerprint density at radius 1 is 1.56 bits per heavy atom. The zero-order valence-corrected chi connectivity index (χ0v) is 11.5. The molecule has 1 aliphatic rings. The van der Waals surface area contributed by atoms with Crippen LogP contribution in [0.15, 0.2) is 0 Å². The number of ether oxygens (including phenoxy) is 1. The van der Waals surface area contributed by atoms with Gasteiger partial charge in [-0.3, -0.25) is 0 Å². The van der Waals surface area contributed by atoms with Gasteiger partial charge in [-0.15, -0.1) is 0 Å². The summed E-state index contributed by atoms with van der Waals surface area (Å²) in [6.45, 7) is 6.78. The van der Waals surface area contributed by atoms with Crippen LogP contribution >= 0.6 is 12.2 Å². The Kier molecular flexibility index (Phi) is 6.06. The van der Waals surface area contributed by atoms with Crippen LogP contribution in [0.1, 0.15) is 33.1 Å². The standard InChI is InChI=1S/C12H24N2OS/c1-4-15-9-5-8-13-12(16)14(3)10(2)11-6-7-11/h10-11H,4-9H2,1-3H3,(H,13,16). The molecular weight excluding hydrogens is 220 g/mol. The average Bonchev–Trinajstić information content (AvgIpc) is 3.10. The van der Waals surface area contributed by atoms with Crippen molar-refractivity contribution in [2.24, 2.45) is 5.92 Å². The van der Waals surface area contributed by atoms with Crippen molar-refractivity contribution in [2.75, 3.05) is 26.8 Å². The maximum absolute atomic E-state index is 5.35. The van der Waals surface area contributed by atoms with E-state index in [1.807, 2.05) is 6.92 Å². The lowest BCUT2D eigenvalue weighted by Gasteiger charge is -2.27. The van der Waals surface area contributed by atoms with Crippen LogP contribution in [0.25, 0.3) is 0 Å². The van der Waals surface area contributed by atoms with Gasteiger partial charge in [-0.1, -0.05) is 0 Å². The van der Waals surface area contributed by atoms with Crippen LogP contribution in [-0.2, 0) is 4.74 Å². The monoisotopic (exact) mass is 244 g/mol. The fourth-order valence-electron chi connectivity index (χ4n) is 1.72. The van der Waals surface area contributed by atoms with Crippen molar-refractivity contribution in [3.63, 3.8) is 0 Å². The first-order valence-electron chi connectivity index (χ1n) is 6.25. The van der Waals surface area contributed by atoms with Crippen LogP contribution < -0.4 is 5.32 Å². The molecule has 4 heteroatoms. The van der Waals surface area contributed by atoms with E-state index in [1.165, 1.54) is 12.8 Å².